The molecule has 8 heteroatoms. The van der Waals surface area contributed by atoms with Crippen molar-refractivity contribution in [2.24, 2.45) is 0 Å². The number of aromatic nitrogens is 2. The van der Waals surface area contributed by atoms with Crippen LogP contribution in [0.25, 0.3) is 5.69 Å². The lowest BCUT2D eigenvalue weighted by atomic mass is 10.3. The minimum Gasteiger partial charge on any atom is -0.490 e. The molecule has 1 heterocycles. The van der Waals surface area contributed by atoms with Crippen molar-refractivity contribution in [1.82, 2.24) is 14.5 Å². The second kappa shape index (κ2) is 9.58. The monoisotopic (exact) mass is 415 g/mol. The molecule has 0 aliphatic heterocycles. The van der Waals surface area contributed by atoms with Gasteiger partial charge in [0.25, 0.3) is 0 Å². The standard InChI is InChI=1S/C21H25N3O4S/c1-3-27-20-11-10-19(16-21(20)28-4-2)29(25,26)22-14-12-17-13-15-24(23-17)18-8-6-5-7-9-18/h5-11,13,15-16,22H,3-4,12,14H2,1-2H3. The Morgan fingerprint density at radius 3 is 2.41 bits per heavy atom. The van der Waals surface area contributed by atoms with Crippen LogP contribution < -0.4 is 14.2 Å². The molecule has 0 radical (unpaired) electrons. The van der Waals surface area contributed by atoms with Crippen molar-refractivity contribution in [1.29, 1.82) is 0 Å². The molecule has 7 nitrogen and oxygen atoms in total. The van der Waals surface area contributed by atoms with Gasteiger partial charge in [-0.05, 0) is 44.2 Å². The van der Waals surface area contributed by atoms with Crippen LogP contribution in [0.3, 0.4) is 0 Å². The Hall–Kier alpha value is -2.84. The van der Waals surface area contributed by atoms with Crippen LogP contribution in [-0.2, 0) is 16.4 Å². The Bertz CT molecular complexity index is 1030. The summed E-state index contributed by atoms with van der Waals surface area (Å²) in [5.41, 5.74) is 1.76. The summed E-state index contributed by atoms with van der Waals surface area (Å²) < 4.78 is 40.7. The predicted molar refractivity (Wildman–Crippen MR) is 111 cm³/mol. The molecule has 2 aromatic carbocycles. The van der Waals surface area contributed by atoms with E-state index < -0.39 is 10.0 Å². The highest BCUT2D eigenvalue weighted by Gasteiger charge is 2.17. The van der Waals surface area contributed by atoms with E-state index in [-0.39, 0.29) is 11.4 Å². The molecule has 29 heavy (non-hydrogen) atoms. The molecule has 0 atom stereocenters. The van der Waals surface area contributed by atoms with Crippen molar-refractivity contribution in [3.05, 3.63) is 66.5 Å². The highest BCUT2D eigenvalue weighted by atomic mass is 32.2. The fourth-order valence-electron chi connectivity index (χ4n) is 2.81. The number of sulfonamides is 1. The van der Waals surface area contributed by atoms with Crippen LogP contribution in [0.15, 0.2) is 65.7 Å². The molecule has 0 saturated heterocycles. The third-order valence-electron chi connectivity index (χ3n) is 4.16. The molecule has 0 amide bonds. The highest BCUT2D eigenvalue weighted by Crippen LogP contribution is 2.30. The van der Waals surface area contributed by atoms with Crippen molar-refractivity contribution < 1.29 is 17.9 Å². The van der Waals surface area contributed by atoms with Crippen molar-refractivity contribution in [2.45, 2.75) is 25.2 Å². The van der Waals surface area contributed by atoms with Crippen molar-refractivity contribution in [3.63, 3.8) is 0 Å². The van der Waals surface area contributed by atoms with E-state index >= 15 is 0 Å². The maximum Gasteiger partial charge on any atom is 0.240 e. The van der Waals surface area contributed by atoms with E-state index in [1.165, 1.54) is 12.1 Å². The molecule has 0 fully saturated rings. The molecule has 0 saturated carbocycles. The third-order valence-corrected chi connectivity index (χ3v) is 5.62. The maximum absolute atomic E-state index is 12.6. The summed E-state index contributed by atoms with van der Waals surface area (Å²) in [6, 6.07) is 16.2. The summed E-state index contributed by atoms with van der Waals surface area (Å²) >= 11 is 0. The summed E-state index contributed by atoms with van der Waals surface area (Å²) in [4.78, 5) is 0.138. The van der Waals surface area contributed by atoms with Crippen molar-refractivity contribution in [3.8, 4) is 17.2 Å². The van der Waals surface area contributed by atoms with Crippen LogP contribution >= 0.6 is 0 Å². The molecular formula is C21H25N3O4S. The number of nitrogens with zero attached hydrogens (tertiary/aromatic N) is 2. The molecule has 1 aromatic heterocycles. The quantitative estimate of drug-likeness (QED) is 0.550. The number of hydrogen-bond acceptors (Lipinski definition) is 5. The molecule has 0 unspecified atom stereocenters. The first-order chi connectivity index (χ1) is 14.0. The van der Waals surface area contributed by atoms with Crippen molar-refractivity contribution in [2.75, 3.05) is 19.8 Å². The van der Waals surface area contributed by atoms with Crippen LogP contribution in [0.5, 0.6) is 11.5 Å². The molecule has 3 aromatic rings. The van der Waals surface area contributed by atoms with Gasteiger partial charge in [0, 0.05) is 25.2 Å². The van der Waals surface area contributed by atoms with Crippen LogP contribution in [0.2, 0.25) is 0 Å². The zero-order valence-electron chi connectivity index (χ0n) is 16.5. The minimum absolute atomic E-state index is 0.138. The zero-order chi connectivity index (χ0) is 20.7. The average molecular weight is 416 g/mol. The van der Waals surface area contributed by atoms with Gasteiger partial charge >= 0.3 is 0 Å². The fraction of sp³-hybridized carbons (Fsp3) is 0.286. The molecule has 154 valence electrons. The predicted octanol–water partition coefficient (Wildman–Crippen LogP) is 3.19. The van der Waals surface area contributed by atoms with Gasteiger partial charge in [-0.15, -0.1) is 0 Å². The Balaban J connectivity index is 1.64. The Morgan fingerprint density at radius 1 is 0.966 bits per heavy atom. The lowest BCUT2D eigenvalue weighted by molar-refractivity contribution is 0.287. The van der Waals surface area contributed by atoms with Crippen LogP contribution in [0.4, 0.5) is 0 Å². The second-order valence-electron chi connectivity index (χ2n) is 6.21. The maximum atomic E-state index is 12.6. The van der Waals surface area contributed by atoms with Gasteiger partial charge in [-0.3, -0.25) is 0 Å². The van der Waals surface area contributed by atoms with Crippen LogP contribution in [0, 0.1) is 0 Å². The van der Waals surface area contributed by atoms with Gasteiger partial charge in [-0.2, -0.15) is 5.10 Å². The Morgan fingerprint density at radius 2 is 1.69 bits per heavy atom. The smallest absolute Gasteiger partial charge is 0.240 e. The van der Waals surface area contributed by atoms with Gasteiger partial charge in [0.1, 0.15) is 0 Å². The number of benzene rings is 2. The van der Waals surface area contributed by atoms with Gasteiger partial charge in [-0.1, -0.05) is 18.2 Å². The molecule has 0 bridgehead atoms. The number of hydrogen-bond donors (Lipinski definition) is 1. The first-order valence-electron chi connectivity index (χ1n) is 9.52. The minimum atomic E-state index is -3.67. The number of para-hydroxylation sites is 1. The summed E-state index contributed by atoms with van der Waals surface area (Å²) in [6.07, 6.45) is 2.34. The first-order valence-corrected chi connectivity index (χ1v) is 11.0. The average Bonchev–Trinajstić information content (AvgIpc) is 3.19. The lowest BCUT2D eigenvalue weighted by Gasteiger charge is -2.13. The van der Waals surface area contributed by atoms with Crippen molar-refractivity contribution >= 4 is 10.0 Å². The van der Waals surface area contributed by atoms with Gasteiger partial charge in [0.2, 0.25) is 10.0 Å². The number of ether oxygens (including phenoxy) is 2. The normalized spacial score (nSPS) is 11.4. The topological polar surface area (TPSA) is 82.5 Å². The van der Waals surface area contributed by atoms with Gasteiger partial charge < -0.3 is 9.47 Å². The first kappa shape index (κ1) is 20.9. The molecular weight excluding hydrogens is 390 g/mol. The van der Waals surface area contributed by atoms with E-state index in [1.807, 2.05) is 56.4 Å². The summed E-state index contributed by atoms with van der Waals surface area (Å²) in [6.45, 7) is 4.83. The summed E-state index contributed by atoms with van der Waals surface area (Å²) in [5.74, 6) is 0.943. The van der Waals surface area contributed by atoms with Gasteiger partial charge in [0.05, 0.1) is 29.5 Å². The number of rotatable bonds is 10. The highest BCUT2D eigenvalue weighted by molar-refractivity contribution is 7.89. The fourth-order valence-corrected chi connectivity index (χ4v) is 3.86. The summed E-state index contributed by atoms with van der Waals surface area (Å²) in [5, 5.41) is 4.49. The van der Waals surface area contributed by atoms with Gasteiger partial charge in [0.15, 0.2) is 11.5 Å². The van der Waals surface area contributed by atoms with Gasteiger partial charge in [-0.25, -0.2) is 17.8 Å². The lowest BCUT2D eigenvalue weighted by Crippen LogP contribution is -2.26. The van der Waals surface area contributed by atoms with E-state index in [0.29, 0.717) is 31.1 Å². The molecule has 3 rings (SSSR count). The second-order valence-corrected chi connectivity index (χ2v) is 7.98. The Kier molecular flexibility index (Phi) is 6.90. The summed E-state index contributed by atoms with van der Waals surface area (Å²) in [7, 11) is -3.67. The molecule has 0 spiro atoms. The Labute approximate surface area is 171 Å². The van der Waals surface area contributed by atoms with Crippen LogP contribution in [0.1, 0.15) is 19.5 Å². The van der Waals surface area contributed by atoms with E-state index in [9.17, 15) is 8.42 Å². The molecule has 0 aliphatic carbocycles. The molecule has 1 N–H and O–H groups in total. The zero-order valence-corrected chi connectivity index (χ0v) is 17.4. The SMILES string of the molecule is CCOc1ccc(S(=O)(=O)NCCc2ccn(-c3ccccc3)n2)cc1OCC. The van der Waals surface area contributed by atoms with E-state index in [2.05, 4.69) is 9.82 Å². The van der Waals surface area contributed by atoms with E-state index in [4.69, 9.17) is 9.47 Å². The van der Waals surface area contributed by atoms with E-state index in [1.54, 1.807) is 10.7 Å². The van der Waals surface area contributed by atoms with Crippen LogP contribution in [-0.4, -0.2) is 38.0 Å². The van der Waals surface area contributed by atoms with E-state index in [0.717, 1.165) is 11.4 Å². The largest absolute Gasteiger partial charge is 0.490 e. The number of nitrogens with one attached hydrogen (secondary N) is 1. The molecule has 0 aliphatic rings. The third kappa shape index (κ3) is 5.36.